The van der Waals surface area contributed by atoms with Gasteiger partial charge in [0.25, 0.3) is 11.8 Å². The summed E-state index contributed by atoms with van der Waals surface area (Å²) in [5.41, 5.74) is 4.78. The molecule has 0 atom stereocenters. The van der Waals surface area contributed by atoms with Crippen LogP contribution in [0.15, 0.2) is 48.5 Å². The number of carbonyl (C=O) groups excluding carboxylic acids is 2. The zero-order chi connectivity index (χ0) is 21.0. The molecule has 30 heavy (non-hydrogen) atoms. The Hall–Kier alpha value is -3.21. The fourth-order valence-corrected chi connectivity index (χ4v) is 3.12. The van der Waals surface area contributed by atoms with Crippen molar-refractivity contribution in [3.63, 3.8) is 0 Å². The van der Waals surface area contributed by atoms with E-state index in [-0.39, 0.29) is 18.0 Å². The second kappa shape index (κ2) is 9.53. The maximum Gasteiger partial charge on any atom is 0.267 e. The number of H-pyrrole nitrogens is 1. The highest BCUT2D eigenvalue weighted by Crippen LogP contribution is 2.17. The van der Waals surface area contributed by atoms with Crippen molar-refractivity contribution in [3.8, 4) is 0 Å². The van der Waals surface area contributed by atoms with Crippen molar-refractivity contribution < 1.29 is 23.2 Å². The van der Waals surface area contributed by atoms with E-state index in [1.807, 2.05) is 29.0 Å². The van der Waals surface area contributed by atoms with E-state index in [9.17, 15) is 18.0 Å². The van der Waals surface area contributed by atoms with E-state index in [0.717, 1.165) is 17.4 Å². The number of aromatic amines is 1. The predicted molar refractivity (Wildman–Crippen MR) is 114 cm³/mol. The first-order chi connectivity index (χ1) is 13.7. The second-order valence-corrected chi connectivity index (χ2v) is 8.09. The number of imidazole rings is 1. The Morgan fingerprint density at radius 3 is 2.50 bits per heavy atom. The lowest BCUT2D eigenvalue weighted by atomic mass is 10.1. The fourth-order valence-electron chi connectivity index (χ4n) is 2.66. The van der Waals surface area contributed by atoms with Crippen molar-refractivity contribution in [2.75, 3.05) is 6.26 Å². The van der Waals surface area contributed by atoms with Gasteiger partial charge in [-0.05, 0) is 35.4 Å². The molecule has 0 bridgehead atoms. The summed E-state index contributed by atoms with van der Waals surface area (Å²) in [7, 11) is -3.64. The van der Waals surface area contributed by atoms with E-state index in [4.69, 9.17) is 5.21 Å². The monoisotopic (exact) mass is 450 g/mol. The fraction of sp³-hybridized carbons (Fsp3) is 0.105. The van der Waals surface area contributed by atoms with E-state index < -0.39 is 21.8 Å². The Balaban J connectivity index is 0.00000320. The minimum Gasteiger partial charge on any atom is -0.342 e. The first-order valence-electron chi connectivity index (χ1n) is 8.45. The van der Waals surface area contributed by atoms with Crippen molar-refractivity contribution in [3.05, 3.63) is 71.1 Å². The van der Waals surface area contributed by atoms with Gasteiger partial charge in [-0.3, -0.25) is 14.8 Å². The summed E-state index contributed by atoms with van der Waals surface area (Å²) < 4.78 is 24.4. The summed E-state index contributed by atoms with van der Waals surface area (Å²) in [6.07, 6.45) is 4.21. The smallest absolute Gasteiger partial charge is 0.267 e. The van der Waals surface area contributed by atoms with Crippen molar-refractivity contribution in [1.82, 2.24) is 20.2 Å². The molecule has 0 spiro atoms. The molecule has 0 radical (unpaired) electrons. The molecule has 0 saturated carbocycles. The van der Waals surface area contributed by atoms with Gasteiger partial charge in [0.2, 0.25) is 10.0 Å². The van der Waals surface area contributed by atoms with Crippen LogP contribution in [0.5, 0.6) is 0 Å². The Bertz CT molecular complexity index is 1200. The number of carbonyl (C=O) groups is 2. The molecular weight excluding hydrogens is 432 g/mol. The molecule has 9 nitrogen and oxygen atoms in total. The SMILES string of the molecule is CS(=O)(=O)NC(=O)c1ccc2nc(Cc3ccc(/C=C/C(=O)NO)cc3)[nH]c2c1.Cl. The normalized spacial score (nSPS) is 11.3. The number of nitrogens with zero attached hydrogens (tertiary/aromatic N) is 1. The third kappa shape index (κ3) is 6.14. The number of rotatable bonds is 6. The van der Waals surface area contributed by atoms with Crippen LogP contribution in [0.2, 0.25) is 0 Å². The minimum absolute atomic E-state index is 0. The van der Waals surface area contributed by atoms with Gasteiger partial charge in [-0.1, -0.05) is 24.3 Å². The van der Waals surface area contributed by atoms with E-state index in [1.54, 1.807) is 18.2 Å². The van der Waals surface area contributed by atoms with Gasteiger partial charge < -0.3 is 4.98 Å². The molecule has 2 amide bonds. The molecule has 0 aliphatic rings. The van der Waals surface area contributed by atoms with Gasteiger partial charge in [-0.15, -0.1) is 12.4 Å². The lowest BCUT2D eigenvalue weighted by Crippen LogP contribution is -2.29. The number of halogens is 1. The van der Waals surface area contributed by atoms with Crippen LogP contribution >= 0.6 is 12.4 Å². The molecule has 0 saturated heterocycles. The van der Waals surface area contributed by atoms with E-state index in [0.29, 0.717) is 23.3 Å². The lowest BCUT2D eigenvalue weighted by molar-refractivity contribution is -0.124. The molecule has 0 aliphatic carbocycles. The minimum atomic E-state index is -3.64. The summed E-state index contributed by atoms with van der Waals surface area (Å²) in [5.74, 6) is -0.631. The van der Waals surface area contributed by atoms with Gasteiger partial charge in [0.05, 0.1) is 17.3 Å². The van der Waals surface area contributed by atoms with Crippen LogP contribution in [-0.2, 0) is 21.2 Å². The number of hydrogen-bond acceptors (Lipinski definition) is 6. The lowest BCUT2D eigenvalue weighted by Gasteiger charge is -2.02. The highest BCUT2D eigenvalue weighted by atomic mass is 35.5. The number of fused-ring (bicyclic) bond motifs is 1. The van der Waals surface area contributed by atoms with Gasteiger partial charge in [0.15, 0.2) is 0 Å². The van der Waals surface area contributed by atoms with Crippen LogP contribution in [0.25, 0.3) is 17.1 Å². The van der Waals surface area contributed by atoms with E-state index in [2.05, 4.69) is 9.97 Å². The van der Waals surface area contributed by atoms with Crippen LogP contribution in [0.3, 0.4) is 0 Å². The summed E-state index contributed by atoms with van der Waals surface area (Å²) in [6, 6.07) is 12.1. The highest BCUT2D eigenvalue weighted by Gasteiger charge is 2.13. The third-order valence-corrected chi connectivity index (χ3v) is 4.52. The Morgan fingerprint density at radius 2 is 1.87 bits per heavy atom. The van der Waals surface area contributed by atoms with Gasteiger partial charge in [0, 0.05) is 18.1 Å². The molecule has 0 aliphatic heterocycles. The molecule has 1 aromatic heterocycles. The number of amides is 2. The summed E-state index contributed by atoms with van der Waals surface area (Å²) in [4.78, 5) is 30.6. The average molecular weight is 451 g/mol. The van der Waals surface area contributed by atoms with E-state index in [1.165, 1.54) is 17.6 Å². The number of hydroxylamine groups is 1. The van der Waals surface area contributed by atoms with Gasteiger partial charge in [-0.2, -0.15) is 0 Å². The highest BCUT2D eigenvalue weighted by molar-refractivity contribution is 7.89. The van der Waals surface area contributed by atoms with Crippen molar-refractivity contribution in [1.29, 1.82) is 0 Å². The van der Waals surface area contributed by atoms with Crippen molar-refractivity contribution >= 4 is 51.4 Å². The Morgan fingerprint density at radius 1 is 1.17 bits per heavy atom. The molecule has 3 rings (SSSR count). The Kier molecular flexibility index (Phi) is 7.33. The second-order valence-electron chi connectivity index (χ2n) is 6.35. The third-order valence-electron chi connectivity index (χ3n) is 3.96. The molecule has 1 heterocycles. The maximum absolute atomic E-state index is 12.0. The molecule has 3 aromatic rings. The van der Waals surface area contributed by atoms with Crippen LogP contribution in [0.1, 0.15) is 27.3 Å². The molecule has 0 fully saturated rings. The number of hydrogen-bond donors (Lipinski definition) is 4. The number of aromatic nitrogens is 2. The van der Waals surface area contributed by atoms with Crippen LogP contribution < -0.4 is 10.2 Å². The zero-order valence-electron chi connectivity index (χ0n) is 15.7. The van der Waals surface area contributed by atoms with Gasteiger partial charge in [0.1, 0.15) is 5.82 Å². The summed E-state index contributed by atoms with van der Waals surface area (Å²) in [5, 5.41) is 8.47. The standard InChI is InChI=1S/C19H18N4O5S.ClH/c1-29(27,28)23-19(25)14-7-8-15-16(11-14)21-17(20-15)10-13-4-2-12(3-5-13)6-9-18(24)22-26;/h2-9,11,26H,10H2,1H3,(H,20,21)(H,22,24)(H,23,25);1H/b9-6+;. The number of sulfonamides is 1. The summed E-state index contributed by atoms with van der Waals surface area (Å²) in [6.45, 7) is 0. The van der Waals surface area contributed by atoms with Crippen molar-refractivity contribution in [2.45, 2.75) is 6.42 Å². The zero-order valence-corrected chi connectivity index (χ0v) is 17.4. The van der Waals surface area contributed by atoms with Gasteiger partial charge in [-0.25, -0.2) is 23.6 Å². The number of benzene rings is 2. The van der Waals surface area contributed by atoms with Crippen LogP contribution in [0.4, 0.5) is 0 Å². The largest absolute Gasteiger partial charge is 0.342 e. The molecule has 11 heteroatoms. The molecular formula is C19H19ClN4O5S. The van der Waals surface area contributed by atoms with E-state index >= 15 is 0 Å². The average Bonchev–Trinajstić information content (AvgIpc) is 3.07. The molecule has 4 N–H and O–H groups in total. The van der Waals surface area contributed by atoms with Crippen LogP contribution in [-0.4, -0.2) is 41.7 Å². The quantitative estimate of drug-likeness (QED) is 0.256. The molecule has 158 valence electrons. The predicted octanol–water partition coefficient (Wildman–Crippen LogP) is 1.78. The molecule has 0 unspecified atom stereocenters. The van der Waals surface area contributed by atoms with Crippen LogP contribution in [0, 0.1) is 0 Å². The number of nitrogens with one attached hydrogen (secondary N) is 3. The first-order valence-corrected chi connectivity index (χ1v) is 10.3. The summed E-state index contributed by atoms with van der Waals surface area (Å²) >= 11 is 0. The maximum atomic E-state index is 12.0. The van der Waals surface area contributed by atoms with Crippen molar-refractivity contribution in [2.24, 2.45) is 0 Å². The first kappa shape index (κ1) is 23.1. The van der Waals surface area contributed by atoms with Gasteiger partial charge >= 0.3 is 0 Å². The molecule has 2 aromatic carbocycles. The Labute approximate surface area is 178 Å². The topological polar surface area (TPSA) is 141 Å².